The van der Waals surface area contributed by atoms with Crippen LogP contribution < -0.4 is 16.4 Å². The molecule has 2 aromatic rings. The van der Waals surface area contributed by atoms with Crippen molar-refractivity contribution in [2.24, 2.45) is 11.7 Å². The molecule has 3 rings (SSSR count). The molecular formula is C27H34N4O5S. The molecule has 0 radical (unpaired) electrons. The molecule has 198 valence electrons. The Morgan fingerprint density at radius 1 is 1.03 bits per heavy atom. The number of carbonyl (C=O) groups is 4. The van der Waals surface area contributed by atoms with Crippen LogP contribution in [0.2, 0.25) is 0 Å². The lowest BCUT2D eigenvalue weighted by Crippen LogP contribution is -2.61. The van der Waals surface area contributed by atoms with Crippen molar-refractivity contribution in [1.82, 2.24) is 15.5 Å². The van der Waals surface area contributed by atoms with E-state index in [4.69, 9.17) is 5.73 Å². The van der Waals surface area contributed by atoms with Crippen LogP contribution in [0.3, 0.4) is 0 Å². The lowest BCUT2D eigenvalue weighted by molar-refractivity contribution is -0.147. The first-order valence-corrected chi connectivity index (χ1v) is 12.9. The van der Waals surface area contributed by atoms with Gasteiger partial charge in [-0.15, -0.1) is 0 Å². The summed E-state index contributed by atoms with van der Waals surface area (Å²) < 4.78 is 0. The molecule has 0 saturated carbocycles. The largest absolute Gasteiger partial charge is 0.480 e. The zero-order valence-electron chi connectivity index (χ0n) is 21.0. The molecule has 9 nitrogen and oxygen atoms in total. The molecule has 0 fully saturated rings. The number of fused-ring (bicyclic) bond motifs is 1. The molecular weight excluding hydrogens is 492 g/mol. The van der Waals surface area contributed by atoms with Crippen LogP contribution in [0.15, 0.2) is 54.6 Å². The summed E-state index contributed by atoms with van der Waals surface area (Å²) in [5, 5.41) is 15.1. The van der Waals surface area contributed by atoms with E-state index in [1.165, 1.54) is 4.90 Å². The van der Waals surface area contributed by atoms with Crippen LogP contribution in [0.4, 0.5) is 0 Å². The number of hydrogen-bond acceptors (Lipinski definition) is 6. The molecule has 0 spiro atoms. The van der Waals surface area contributed by atoms with Crippen molar-refractivity contribution in [2.45, 2.75) is 57.4 Å². The Labute approximate surface area is 222 Å². The number of nitrogens with one attached hydrogen (secondary N) is 2. The lowest BCUT2D eigenvalue weighted by Gasteiger charge is -2.39. The van der Waals surface area contributed by atoms with Crippen LogP contribution in [0.5, 0.6) is 0 Å². The predicted octanol–water partition coefficient (Wildman–Crippen LogP) is 1.15. The predicted molar refractivity (Wildman–Crippen MR) is 143 cm³/mol. The molecule has 0 bridgehead atoms. The smallest absolute Gasteiger partial charge is 0.326 e. The molecule has 0 aromatic heterocycles. The first-order valence-electron chi connectivity index (χ1n) is 12.2. The molecule has 1 heterocycles. The van der Waals surface area contributed by atoms with Crippen LogP contribution in [0.25, 0.3) is 0 Å². The van der Waals surface area contributed by atoms with Gasteiger partial charge in [0.1, 0.15) is 18.1 Å². The van der Waals surface area contributed by atoms with E-state index in [1.807, 2.05) is 30.3 Å². The minimum absolute atomic E-state index is 0.103. The number of rotatable bonds is 10. The zero-order chi connectivity index (χ0) is 27.1. The second-order valence-corrected chi connectivity index (χ2v) is 9.93. The summed E-state index contributed by atoms with van der Waals surface area (Å²) in [6.45, 7) is 3.74. The molecule has 10 heteroatoms. The second-order valence-electron chi connectivity index (χ2n) is 9.56. The van der Waals surface area contributed by atoms with Gasteiger partial charge in [-0.1, -0.05) is 68.4 Å². The highest BCUT2D eigenvalue weighted by Crippen LogP contribution is 2.25. The number of nitrogens with zero attached hydrogens (tertiary/aromatic N) is 1. The molecule has 0 saturated heterocycles. The van der Waals surface area contributed by atoms with Crippen molar-refractivity contribution in [3.05, 3.63) is 71.3 Å². The Bertz CT molecular complexity index is 1130. The second kappa shape index (κ2) is 12.7. The minimum Gasteiger partial charge on any atom is -0.480 e. The van der Waals surface area contributed by atoms with E-state index in [2.05, 4.69) is 23.3 Å². The number of thiol groups is 1. The van der Waals surface area contributed by atoms with E-state index >= 15 is 0 Å². The van der Waals surface area contributed by atoms with Crippen molar-refractivity contribution >= 4 is 36.3 Å². The maximum absolute atomic E-state index is 13.8. The quantitative estimate of drug-likeness (QED) is 0.294. The van der Waals surface area contributed by atoms with Crippen LogP contribution in [-0.2, 0) is 38.6 Å². The van der Waals surface area contributed by atoms with E-state index in [-0.39, 0.29) is 31.1 Å². The summed E-state index contributed by atoms with van der Waals surface area (Å²) in [7, 11) is 0. The van der Waals surface area contributed by atoms with Gasteiger partial charge in [0.05, 0.1) is 6.04 Å². The number of nitrogens with two attached hydrogens (primary N) is 1. The average molecular weight is 527 g/mol. The Morgan fingerprint density at radius 2 is 1.65 bits per heavy atom. The van der Waals surface area contributed by atoms with E-state index in [1.54, 1.807) is 38.1 Å². The van der Waals surface area contributed by atoms with Crippen molar-refractivity contribution in [3.63, 3.8) is 0 Å². The summed E-state index contributed by atoms with van der Waals surface area (Å²) in [5.74, 6) is -2.83. The van der Waals surface area contributed by atoms with Gasteiger partial charge in [0.25, 0.3) is 0 Å². The molecule has 0 unspecified atom stereocenters. The van der Waals surface area contributed by atoms with Gasteiger partial charge >= 0.3 is 5.97 Å². The molecule has 1 aliphatic rings. The Kier molecular flexibility index (Phi) is 9.71. The van der Waals surface area contributed by atoms with Gasteiger partial charge < -0.3 is 26.4 Å². The van der Waals surface area contributed by atoms with Crippen LogP contribution in [-0.4, -0.2) is 63.6 Å². The topological polar surface area (TPSA) is 142 Å². The highest BCUT2D eigenvalue weighted by Gasteiger charge is 2.40. The fraction of sp³-hybridized carbons (Fsp3) is 0.407. The SMILES string of the molecule is CC(C)[C@H](NC(=O)[C@@H](N)CS)C(=O)N1Cc2ccccc2C[C@@H]1C(=O)N[C@@H](Cc1ccccc1)C(=O)O. The minimum atomic E-state index is -1.17. The first-order chi connectivity index (χ1) is 17.6. The lowest BCUT2D eigenvalue weighted by atomic mass is 9.91. The maximum Gasteiger partial charge on any atom is 0.326 e. The Morgan fingerprint density at radius 3 is 2.24 bits per heavy atom. The number of carbonyl (C=O) groups excluding carboxylic acids is 3. The van der Waals surface area contributed by atoms with Gasteiger partial charge in [0, 0.05) is 25.1 Å². The molecule has 4 atom stereocenters. The van der Waals surface area contributed by atoms with Crippen molar-refractivity contribution in [3.8, 4) is 0 Å². The van der Waals surface area contributed by atoms with E-state index in [0.29, 0.717) is 0 Å². The summed E-state index contributed by atoms with van der Waals surface area (Å²) in [6, 6.07) is 12.6. The number of hydrogen-bond donors (Lipinski definition) is 5. The van der Waals surface area contributed by atoms with Crippen molar-refractivity contribution in [2.75, 3.05) is 5.75 Å². The monoisotopic (exact) mass is 526 g/mol. The third-order valence-corrected chi connectivity index (χ3v) is 6.89. The number of carboxylic acid groups (broad SMARTS) is 1. The number of benzene rings is 2. The molecule has 2 aromatic carbocycles. The zero-order valence-corrected chi connectivity index (χ0v) is 21.9. The van der Waals surface area contributed by atoms with Gasteiger partial charge in [-0.05, 0) is 22.6 Å². The first kappa shape index (κ1) is 28.2. The summed E-state index contributed by atoms with van der Waals surface area (Å²) in [6.07, 6.45) is 0.325. The van der Waals surface area contributed by atoms with E-state index < -0.39 is 47.9 Å². The number of aliphatic carboxylic acids is 1. The van der Waals surface area contributed by atoms with Gasteiger partial charge in [0.15, 0.2) is 0 Å². The van der Waals surface area contributed by atoms with E-state index in [9.17, 15) is 24.3 Å². The van der Waals surface area contributed by atoms with Gasteiger partial charge in [-0.3, -0.25) is 14.4 Å². The maximum atomic E-state index is 13.8. The van der Waals surface area contributed by atoms with Crippen molar-refractivity contribution in [1.29, 1.82) is 0 Å². The molecule has 5 N–H and O–H groups in total. The third-order valence-electron chi connectivity index (χ3n) is 6.50. The van der Waals surface area contributed by atoms with Gasteiger partial charge in [-0.2, -0.15) is 12.6 Å². The van der Waals surface area contributed by atoms with Gasteiger partial charge in [0.2, 0.25) is 17.7 Å². The van der Waals surface area contributed by atoms with Gasteiger partial charge in [-0.25, -0.2) is 4.79 Å². The fourth-order valence-electron chi connectivity index (χ4n) is 4.34. The average Bonchev–Trinajstić information content (AvgIpc) is 2.89. The van der Waals surface area contributed by atoms with Crippen LogP contribution in [0, 0.1) is 5.92 Å². The van der Waals surface area contributed by atoms with Crippen molar-refractivity contribution < 1.29 is 24.3 Å². The van der Waals surface area contributed by atoms with Crippen LogP contribution in [0.1, 0.15) is 30.5 Å². The highest BCUT2D eigenvalue weighted by molar-refractivity contribution is 7.80. The Hall–Kier alpha value is -3.37. The molecule has 0 aliphatic carbocycles. The summed E-state index contributed by atoms with van der Waals surface area (Å²) in [4.78, 5) is 53.2. The highest BCUT2D eigenvalue weighted by atomic mass is 32.1. The third kappa shape index (κ3) is 7.11. The molecule has 1 aliphatic heterocycles. The summed E-state index contributed by atoms with van der Waals surface area (Å²) in [5.41, 5.74) is 8.35. The normalized spacial score (nSPS) is 17.3. The molecule has 37 heavy (non-hydrogen) atoms. The molecule has 3 amide bonds. The number of amides is 3. The van der Waals surface area contributed by atoms with Crippen LogP contribution >= 0.6 is 12.6 Å². The standard InChI is InChI=1S/C27H34N4O5S/c1-16(2)23(30-24(32)20(28)15-37)26(34)31-14-19-11-7-6-10-18(19)13-22(31)25(33)29-21(27(35)36)12-17-8-4-3-5-9-17/h3-11,16,20-23,37H,12-15,28H2,1-2H3,(H,29,33)(H,30,32)(H,35,36)/t20-,21-,22+,23-/m0/s1. The fourth-order valence-corrected chi connectivity index (χ4v) is 4.51. The number of carboxylic acids is 1. The van der Waals surface area contributed by atoms with E-state index in [0.717, 1.165) is 16.7 Å². The Balaban J connectivity index is 1.88. The summed E-state index contributed by atoms with van der Waals surface area (Å²) >= 11 is 4.06.